The van der Waals surface area contributed by atoms with Gasteiger partial charge in [0, 0.05) is 18.7 Å². The summed E-state index contributed by atoms with van der Waals surface area (Å²) in [4.78, 5) is 0. The number of aryl methyl sites for hydroxylation is 1. The topological polar surface area (TPSA) is 21.3 Å². The van der Waals surface area contributed by atoms with Crippen LogP contribution in [0.3, 0.4) is 0 Å². The lowest BCUT2D eigenvalue weighted by Gasteiger charge is -2.38. The summed E-state index contributed by atoms with van der Waals surface area (Å²) in [6, 6.07) is 6.35. The molecule has 0 atom stereocenters. The zero-order valence-corrected chi connectivity index (χ0v) is 11.2. The van der Waals surface area contributed by atoms with E-state index in [1.807, 2.05) is 0 Å². The predicted octanol–water partition coefficient (Wildman–Crippen LogP) is 3.28. The van der Waals surface area contributed by atoms with Gasteiger partial charge in [0.15, 0.2) is 0 Å². The van der Waals surface area contributed by atoms with Crippen molar-refractivity contribution in [2.75, 3.05) is 13.7 Å². The van der Waals surface area contributed by atoms with Gasteiger partial charge in [0.1, 0.15) is 5.75 Å². The molecular weight excluding hydrogens is 210 g/mol. The Balaban J connectivity index is 1.91. The van der Waals surface area contributed by atoms with E-state index in [0.29, 0.717) is 5.41 Å². The molecule has 17 heavy (non-hydrogen) atoms. The molecule has 0 amide bonds. The first-order chi connectivity index (χ1) is 8.13. The van der Waals surface area contributed by atoms with Crippen LogP contribution in [0.4, 0.5) is 0 Å². The highest BCUT2D eigenvalue weighted by molar-refractivity contribution is 5.36. The van der Waals surface area contributed by atoms with Crippen LogP contribution in [0.2, 0.25) is 0 Å². The van der Waals surface area contributed by atoms with Crippen LogP contribution in [0.1, 0.15) is 37.3 Å². The van der Waals surface area contributed by atoms with Crippen molar-refractivity contribution >= 4 is 0 Å². The van der Waals surface area contributed by atoms with Crippen LogP contribution in [0.15, 0.2) is 18.2 Å². The number of hydrogen-bond acceptors (Lipinski definition) is 2. The highest BCUT2D eigenvalue weighted by Crippen LogP contribution is 2.39. The average molecular weight is 233 g/mol. The standard InChI is InChI=1S/C15H23NO/c1-12-5-6-14(17-3)13(9-12)10-16-11-15(2)7-4-8-15/h5-6,9,16H,4,7-8,10-11H2,1-3H3. The molecule has 1 aromatic rings. The summed E-state index contributed by atoms with van der Waals surface area (Å²) in [6.45, 7) is 6.51. The molecule has 0 aromatic heterocycles. The number of nitrogens with one attached hydrogen (secondary N) is 1. The normalized spacial score (nSPS) is 17.6. The third kappa shape index (κ3) is 3.01. The molecule has 1 aromatic carbocycles. The summed E-state index contributed by atoms with van der Waals surface area (Å²) >= 11 is 0. The van der Waals surface area contributed by atoms with Gasteiger partial charge in [0.2, 0.25) is 0 Å². The number of rotatable bonds is 5. The van der Waals surface area contributed by atoms with Gasteiger partial charge >= 0.3 is 0 Å². The van der Waals surface area contributed by atoms with Crippen LogP contribution in [0.5, 0.6) is 5.75 Å². The van der Waals surface area contributed by atoms with Gasteiger partial charge in [-0.1, -0.05) is 31.0 Å². The Morgan fingerprint density at radius 3 is 2.71 bits per heavy atom. The van der Waals surface area contributed by atoms with Crippen molar-refractivity contribution in [1.82, 2.24) is 5.32 Å². The monoisotopic (exact) mass is 233 g/mol. The van der Waals surface area contributed by atoms with Crippen LogP contribution in [-0.2, 0) is 6.54 Å². The zero-order chi connectivity index (χ0) is 12.3. The third-order valence-corrected chi connectivity index (χ3v) is 3.86. The van der Waals surface area contributed by atoms with E-state index >= 15 is 0 Å². The first kappa shape index (κ1) is 12.4. The van der Waals surface area contributed by atoms with Crippen molar-refractivity contribution in [3.05, 3.63) is 29.3 Å². The molecular formula is C15H23NO. The molecule has 0 heterocycles. The highest BCUT2D eigenvalue weighted by atomic mass is 16.5. The quantitative estimate of drug-likeness (QED) is 0.842. The molecule has 2 rings (SSSR count). The van der Waals surface area contributed by atoms with Crippen LogP contribution < -0.4 is 10.1 Å². The number of hydrogen-bond donors (Lipinski definition) is 1. The smallest absolute Gasteiger partial charge is 0.123 e. The molecule has 0 unspecified atom stereocenters. The lowest BCUT2D eigenvalue weighted by Crippen LogP contribution is -2.37. The Hall–Kier alpha value is -1.02. The van der Waals surface area contributed by atoms with Gasteiger partial charge in [-0.05, 0) is 31.2 Å². The third-order valence-electron chi connectivity index (χ3n) is 3.86. The molecule has 0 radical (unpaired) electrons. The molecule has 0 bridgehead atoms. The summed E-state index contributed by atoms with van der Waals surface area (Å²) in [5.74, 6) is 0.988. The summed E-state index contributed by atoms with van der Waals surface area (Å²) in [5.41, 5.74) is 3.09. The summed E-state index contributed by atoms with van der Waals surface area (Å²) in [6.07, 6.45) is 4.13. The molecule has 2 nitrogen and oxygen atoms in total. The maximum Gasteiger partial charge on any atom is 0.123 e. The van der Waals surface area contributed by atoms with E-state index in [4.69, 9.17) is 4.74 Å². The van der Waals surface area contributed by atoms with Crippen molar-refractivity contribution in [3.63, 3.8) is 0 Å². The minimum atomic E-state index is 0.539. The summed E-state index contributed by atoms with van der Waals surface area (Å²) < 4.78 is 5.38. The van der Waals surface area contributed by atoms with Crippen molar-refractivity contribution < 1.29 is 4.74 Å². The molecule has 2 heteroatoms. The minimum Gasteiger partial charge on any atom is -0.496 e. The first-order valence-corrected chi connectivity index (χ1v) is 6.47. The fourth-order valence-electron chi connectivity index (χ4n) is 2.50. The van der Waals surface area contributed by atoms with Crippen LogP contribution in [0, 0.1) is 12.3 Å². The summed E-state index contributed by atoms with van der Waals surface area (Å²) in [5, 5.41) is 3.57. The number of ether oxygens (including phenoxy) is 1. The molecule has 0 saturated heterocycles. The Labute approximate surface area is 104 Å². The fraction of sp³-hybridized carbons (Fsp3) is 0.600. The number of benzene rings is 1. The van der Waals surface area contributed by atoms with Crippen molar-refractivity contribution in [3.8, 4) is 5.75 Å². The minimum absolute atomic E-state index is 0.539. The Morgan fingerprint density at radius 2 is 2.12 bits per heavy atom. The Morgan fingerprint density at radius 1 is 1.35 bits per heavy atom. The van der Waals surface area contributed by atoms with Crippen molar-refractivity contribution in [2.45, 2.75) is 39.7 Å². The summed E-state index contributed by atoms with van der Waals surface area (Å²) in [7, 11) is 1.74. The second-order valence-electron chi connectivity index (χ2n) is 5.58. The SMILES string of the molecule is COc1ccc(C)cc1CNCC1(C)CCC1. The van der Waals surface area contributed by atoms with E-state index in [2.05, 4.69) is 37.4 Å². The molecule has 1 aliphatic rings. The van der Waals surface area contributed by atoms with Gasteiger partial charge < -0.3 is 10.1 Å². The maximum absolute atomic E-state index is 5.38. The maximum atomic E-state index is 5.38. The van der Waals surface area contributed by atoms with E-state index < -0.39 is 0 Å². The van der Waals surface area contributed by atoms with E-state index in [-0.39, 0.29) is 0 Å². The van der Waals surface area contributed by atoms with Gasteiger partial charge in [-0.25, -0.2) is 0 Å². The van der Waals surface area contributed by atoms with Gasteiger partial charge in [0.25, 0.3) is 0 Å². The van der Waals surface area contributed by atoms with E-state index in [1.54, 1.807) is 7.11 Å². The first-order valence-electron chi connectivity index (χ1n) is 6.47. The Bertz CT molecular complexity index is 383. The molecule has 0 aliphatic heterocycles. The number of methoxy groups -OCH3 is 1. The molecule has 1 N–H and O–H groups in total. The molecule has 1 fully saturated rings. The highest BCUT2D eigenvalue weighted by Gasteiger charge is 2.30. The van der Waals surface area contributed by atoms with Gasteiger partial charge in [-0.2, -0.15) is 0 Å². The molecule has 0 spiro atoms. The van der Waals surface area contributed by atoms with Crippen molar-refractivity contribution in [1.29, 1.82) is 0 Å². The van der Waals surface area contributed by atoms with Gasteiger partial charge in [0.05, 0.1) is 7.11 Å². The molecule has 1 aliphatic carbocycles. The lowest BCUT2D eigenvalue weighted by molar-refractivity contribution is 0.156. The predicted molar refractivity (Wildman–Crippen MR) is 71.4 cm³/mol. The largest absolute Gasteiger partial charge is 0.496 e. The van der Waals surface area contributed by atoms with Gasteiger partial charge in [-0.3, -0.25) is 0 Å². The van der Waals surface area contributed by atoms with E-state index in [1.165, 1.54) is 30.4 Å². The second-order valence-corrected chi connectivity index (χ2v) is 5.58. The van der Waals surface area contributed by atoms with Crippen LogP contribution >= 0.6 is 0 Å². The average Bonchev–Trinajstić information content (AvgIpc) is 2.27. The lowest BCUT2D eigenvalue weighted by atomic mass is 9.70. The van der Waals surface area contributed by atoms with Crippen LogP contribution in [0.25, 0.3) is 0 Å². The molecule has 94 valence electrons. The van der Waals surface area contributed by atoms with Gasteiger partial charge in [-0.15, -0.1) is 0 Å². The Kier molecular flexibility index (Phi) is 3.72. The van der Waals surface area contributed by atoms with Crippen LogP contribution in [-0.4, -0.2) is 13.7 Å². The molecule has 1 saturated carbocycles. The second kappa shape index (κ2) is 5.09. The van der Waals surface area contributed by atoms with E-state index in [9.17, 15) is 0 Å². The van der Waals surface area contributed by atoms with Crippen molar-refractivity contribution in [2.24, 2.45) is 5.41 Å². The fourth-order valence-corrected chi connectivity index (χ4v) is 2.50. The zero-order valence-electron chi connectivity index (χ0n) is 11.2. The van der Waals surface area contributed by atoms with E-state index in [0.717, 1.165) is 18.8 Å².